The number of aromatic nitrogens is 1. The van der Waals surface area contributed by atoms with Crippen LogP contribution in [0.4, 0.5) is 4.79 Å². The minimum Gasteiger partial charge on any atom is -0.403 e. The second kappa shape index (κ2) is 8.46. The minimum atomic E-state index is -3.67. The molecule has 3 aromatic rings. The average Bonchev–Trinajstić information content (AvgIpc) is 2.73. The van der Waals surface area contributed by atoms with Crippen molar-refractivity contribution < 1.29 is 22.4 Å². The Morgan fingerprint density at radius 3 is 2.61 bits per heavy atom. The number of hydrogen-bond acceptors (Lipinski definition) is 8. The van der Waals surface area contributed by atoms with Crippen molar-refractivity contribution in [1.82, 2.24) is 14.6 Å². The standard InChI is InChI=1S/C20H22N4O6S/c1-11-14-8-9-15(29-20(26)24(3)4)23-18(14)30-19(25)16(11)17(21)12-6-5-7-13(10-12)31(27,28)22-2/h5-10,17,22H,21H2,1-4H3. The SMILES string of the molecule is CNS(=O)(=O)c1cccc(C(N)c2c(C)c3ccc(OC(=O)N(C)C)nc3oc2=O)c1. The van der Waals surface area contributed by atoms with Crippen molar-refractivity contribution in [1.29, 1.82) is 0 Å². The number of pyridine rings is 1. The molecule has 0 aliphatic carbocycles. The first-order chi connectivity index (χ1) is 14.5. The van der Waals surface area contributed by atoms with E-state index in [9.17, 15) is 18.0 Å². The summed E-state index contributed by atoms with van der Waals surface area (Å²) in [4.78, 5) is 29.8. The molecule has 0 aliphatic heterocycles. The lowest BCUT2D eigenvalue weighted by atomic mass is 9.96. The number of carbonyl (C=O) groups excluding carboxylic acids is 1. The van der Waals surface area contributed by atoms with Crippen LogP contribution in [-0.2, 0) is 10.0 Å². The Morgan fingerprint density at radius 1 is 1.26 bits per heavy atom. The maximum Gasteiger partial charge on any atom is 0.416 e. The minimum absolute atomic E-state index is 0.00554. The molecule has 1 aromatic carbocycles. The summed E-state index contributed by atoms with van der Waals surface area (Å²) in [6.07, 6.45) is -0.624. The summed E-state index contributed by atoms with van der Waals surface area (Å²) in [6.45, 7) is 1.69. The highest BCUT2D eigenvalue weighted by atomic mass is 32.2. The summed E-state index contributed by atoms with van der Waals surface area (Å²) >= 11 is 0. The number of rotatable bonds is 5. The van der Waals surface area contributed by atoms with E-state index in [-0.39, 0.29) is 22.1 Å². The monoisotopic (exact) mass is 446 g/mol. The molecule has 1 atom stereocenters. The van der Waals surface area contributed by atoms with Crippen LogP contribution in [0.5, 0.6) is 5.88 Å². The number of nitrogens with two attached hydrogens (primary N) is 1. The Labute approximate surface area is 178 Å². The molecular formula is C20H22N4O6S. The Morgan fingerprint density at radius 2 is 1.97 bits per heavy atom. The van der Waals surface area contributed by atoms with Crippen LogP contribution in [0.2, 0.25) is 0 Å². The maximum absolute atomic E-state index is 12.7. The number of fused-ring (bicyclic) bond motifs is 1. The van der Waals surface area contributed by atoms with E-state index in [0.29, 0.717) is 16.5 Å². The molecule has 0 spiro atoms. The molecule has 1 unspecified atom stereocenters. The first-order valence-electron chi connectivity index (χ1n) is 9.17. The highest BCUT2D eigenvalue weighted by molar-refractivity contribution is 7.89. The van der Waals surface area contributed by atoms with Crippen LogP contribution in [0.3, 0.4) is 0 Å². The van der Waals surface area contributed by atoms with Gasteiger partial charge in [-0.25, -0.2) is 22.7 Å². The molecule has 0 saturated carbocycles. The zero-order valence-electron chi connectivity index (χ0n) is 17.4. The zero-order valence-corrected chi connectivity index (χ0v) is 18.2. The van der Waals surface area contributed by atoms with Gasteiger partial charge in [0.2, 0.25) is 21.6 Å². The number of hydrogen-bond donors (Lipinski definition) is 2. The molecule has 0 bridgehead atoms. The molecule has 31 heavy (non-hydrogen) atoms. The van der Waals surface area contributed by atoms with Crippen LogP contribution in [0.15, 0.2) is 50.5 Å². The lowest BCUT2D eigenvalue weighted by molar-refractivity contribution is 0.170. The Balaban J connectivity index is 2.06. The van der Waals surface area contributed by atoms with E-state index in [1.165, 1.54) is 44.2 Å². The topological polar surface area (TPSA) is 145 Å². The van der Waals surface area contributed by atoms with Gasteiger partial charge in [0, 0.05) is 25.5 Å². The fraction of sp³-hybridized carbons (Fsp3) is 0.250. The molecule has 3 rings (SSSR count). The second-order valence-corrected chi connectivity index (χ2v) is 8.84. The summed E-state index contributed by atoms with van der Waals surface area (Å²) < 4.78 is 36.9. The lowest BCUT2D eigenvalue weighted by Crippen LogP contribution is -2.25. The van der Waals surface area contributed by atoms with E-state index in [1.54, 1.807) is 25.1 Å². The van der Waals surface area contributed by atoms with Crippen LogP contribution in [0.25, 0.3) is 11.1 Å². The molecule has 3 N–H and O–H groups in total. The molecule has 1 amide bonds. The van der Waals surface area contributed by atoms with E-state index >= 15 is 0 Å². The number of nitrogens with zero attached hydrogens (tertiary/aromatic N) is 2. The molecule has 2 aromatic heterocycles. The van der Waals surface area contributed by atoms with Gasteiger partial charge in [-0.1, -0.05) is 12.1 Å². The summed E-state index contributed by atoms with van der Waals surface area (Å²) in [7, 11) is 0.684. The molecule has 10 nitrogen and oxygen atoms in total. The summed E-state index contributed by atoms with van der Waals surface area (Å²) in [5.74, 6) is -0.0178. The van der Waals surface area contributed by atoms with E-state index in [1.807, 2.05) is 0 Å². The fourth-order valence-electron chi connectivity index (χ4n) is 2.99. The normalized spacial score (nSPS) is 12.5. The first-order valence-corrected chi connectivity index (χ1v) is 10.7. The Bertz CT molecular complexity index is 1320. The van der Waals surface area contributed by atoms with Crippen molar-refractivity contribution in [3.63, 3.8) is 0 Å². The van der Waals surface area contributed by atoms with Crippen LogP contribution < -0.4 is 20.8 Å². The van der Waals surface area contributed by atoms with Crippen LogP contribution in [0, 0.1) is 6.92 Å². The first kappa shape index (κ1) is 22.4. The van der Waals surface area contributed by atoms with Gasteiger partial charge in [0.15, 0.2) is 0 Å². The molecule has 0 radical (unpaired) electrons. The number of carbonyl (C=O) groups is 1. The van der Waals surface area contributed by atoms with Gasteiger partial charge in [-0.3, -0.25) is 0 Å². The smallest absolute Gasteiger partial charge is 0.403 e. The lowest BCUT2D eigenvalue weighted by Gasteiger charge is -2.16. The van der Waals surface area contributed by atoms with E-state index < -0.39 is 27.8 Å². The molecular weight excluding hydrogens is 424 g/mol. The van der Waals surface area contributed by atoms with E-state index in [2.05, 4.69) is 9.71 Å². The predicted molar refractivity (Wildman–Crippen MR) is 113 cm³/mol. The van der Waals surface area contributed by atoms with Gasteiger partial charge in [-0.15, -0.1) is 0 Å². The van der Waals surface area contributed by atoms with Crippen LogP contribution >= 0.6 is 0 Å². The number of benzene rings is 1. The number of ether oxygens (including phenoxy) is 1. The van der Waals surface area contributed by atoms with Crippen molar-refractivity contribution >= 4 is 27.2 Å². The average molecular weight is 446 g/mol. The van der Waals surface area contributed by atoms with Gasteiger partial charge in [0.1, 0.15) is 0 Å². The summed E-state index contributed by atoms with van der Waals surface area (Å²) in [5, 5.41) is 0.508. The van der Waals surface area contributed by atoms with Crippen molar-refractivity contribution in [2.24, 2.45) is 5.73 Å². The van der Waals surface area contributed by atoms with Gasteiger partial charge in [-0.05, 0) is 43.3 Å². The third kappa shape index (κ3) is 4.43. The number of nitrogens with one attached hydrogen (secondary N) is 1. The van der Waals surface area contributed by atoms with Crippen molar-refractivity contribution in [3.8, 4) is 5.88 Å². The molecule has 164 valence electrons. The second-order valence-electron chi connectivity index (χ2n) is 6.95. The fourth-order valence-corrected chi connectivity index (χ4v) is 3.77. The number of aryl methyl sites for hydroxylation is 1. The third-order valence-electron chi connectivity index (χ3n) is 4.72. The largest absolute Gasteiger partial charge is 0.416 e. The van der Waals surface area contributed by atoms with Gasteiger partial charge < -0.3 is 19.8 Å². The Hall–Kier alpha value is -3.28. The number of amides is 1. The van der Waals surface area contributed by atoms with E-state index in [0.717, 1.165) is 0 Å². The van der Waals surface area contributed by atoms with Crippen LogP contribution in [0.1, 0.15) is 22.7 Å². The zero-order chi connectivity index (χ0) is 22.9. The third-order valence-corrected chi connectivity index (χ3v) is 6.13. The van der Waals surface area contributed by atoms with Crippen molar-refractivity contribution in [3.05, 3.63) is 63.5 Å². The Kier molecular flexibility index (Phi) is 6.11. The maximum atomic E-state index is 12.7. The molecule has 0 fully saturated rings. The molecule has 0 saturated heterocycles. The van der Waals surface area contributed by atoms with E-state index in [4.69, 9.17) is 14.9 Å². The van der Waals surface area contributed by atoms with Gasteiger partial charge in [-0.2, -0.15) is 4.98 Å². The molecule has 0 aliphatic rings. The molecule has 11 heteroatoms. The number of sulfonamides is 1. The highest BCUT2D eigenvalue weighted by Gasteiger charge is 2.22. The summed E-state index contributed by atoms with van der Waals surface area (Å²) in [5.41, 5.74) is 6.72. The van der Waals surface area contributed by atoms with Gasteiger partial charge in [0.25, 0.3) is 0 Å². The molecule has 2 heterocycles. The predicted octanol–water partition coefficient (Wildman–Crippen LogP) is 1.51. The summed E-state index contributed by atoms with van der Waals surface area (Å²) in [6, 6.07) is 8.16. The quantitative estimate of drug-likeness (QED) is 0.600. The van der Waals surface area contributed by atoms with Crippen LogP contribution in [-0.4, -0.2) is 45.5 Å². The highest BCUT2D eigenvalue weighted by Crippen LogP contribution is 2.27. The van der Waals surface area contributed by atoms with Gasteiger partial charge in [0.05, 0.1) is 16.5 Å². The van der Waals surface area contributed by atoms with Crippen molar-refractivity contribution in [2.45, 2.75) is 17.9 Å². The van der Waals surface area contributed by atoms with Crippen molar-refractivity contribution in [2.75, 3.05) is 21.1 Å². The van der Waals surface area contributed by atoms with Gasteiger partial charge >= 0.3 is 11.7 Å².